The SMILES string of the molecule is C/C=C(/NNC(=O)c1ccccc1Cl)[C@@H]1C(=O)NC(=O)N(c2ccccc2)C1=O. The van der Waals surface area contributed by atoms with Gasteiger partial charge in [0.05, 0.1) is 16.3 Å². The lowest BCUT2D eigenvalue weighted by Crippen LogP contribution is -2.60. The molecule has 29 heavy (non-hydrogen) atoms. The minimum absolute atomic E-state index is 0.112. The van der Waals surface area contributed by atoms with Crippen LogP contribution in [0.1, 0.15) is 17.3 Å². The number of carbonyl (C=O) groups is 4. The van der Waals surface area contributed by atoms with E-state index in [1.807, 2.05) is 0 Å². The maximum absolute atomic E-state index is 12.9. The number of rotatable bonds is 5. The predicted molar refractivity (Wildman–Crippen MR) is 107 cm³/mol. The van der Waals surface area contributed by atoms with Gasteiger partial charge in [-0.3, -0.25) is 25.1 Å². The molecule has 0 aromatic heterocycles. The van der Waals surface area contributed by atoms with Crippen LogP contribution in [0.15, 0.2) is 66.4 Å². The summed E-state index contributed by atoms with van der Waals surface area (Å²) in [6, 6.07) is 13.8. The van der Waals surface area contributed by atoms with Crippen molar-refractivity contribution in [2.75, 3.05) is 4.90 Å². The number of imide groups is 2. The van der Waals surface area contributed by atoms with Crippen molar-refractivity contribution in [3.63, 3.8) is 0 Å². The van der Waals surface area contributed by atoms with Crippen LogP contribution >= 0.6 is 11.6 Å². The molecule has 5 amide bonds. The van der Waals surface area contributed by atoms with E-state index >= 15 is 0 Å². The van der Waals surface area contributed by atoms with Crippen LogP contribution in [0.2, 0.25) is 5.02 Å². The summed E-state index contributed by atoms with van der Waals surface area (Å²) in [7, 11) is 0. The summed E-state index contributed by atoms with van der Waals surface area (Å²) >= 11 is 6.00. The van der Waals surface area contributed by atoms with Gasteiger partial charge >= 0.3 is 6.03 Å². The first-order valence-corrected chi connectivity index (χ1v) is 9.02. The Morgan fingerprint density at radius 3 is 2.34 bits per heavy atom. The molecule has 8 nitrogen and oxygen atoms in total. The molecule has 3 rings (SSSR count). The molecule has 0 bridgehead atoms. The van der Waals surface area contributed by atoms with Crippen LogP contribution in [-0.4, -0.2) is 23.8 Å². The fourth-order valence-electron chi connectivity index (χ4n) is 2.82. The quantitative estimate of drug-likeness (QED) is 0.516. The Hall–Kier alpha value is -3.65. The molecule has 1 aliphatic rings. The fourth-order valence-corrected chi connectivity index (χ4v) is 3.04. The molecule has 0 unspecified atom stereocenters. The van der Waals surface area contributed by atoms with Crippen LogP contribution in [0.4, 0.5) is 10.5 Å². The average molecular weight is 413 g/mol. The van der Waals surface area contributed by atoms with Crippen molar-refractivity contribution in [3.05, 3.63) is 77.0 Å². The second-order valence-corrected chi connectivity index (χ2v) is 6.45. The molecule has 1 fully saturated rings. The van der Waals surface area contributed by atoms with Gasteiger partial charge in [0.25, 0.3) is 11.8 Å². The minimum Gasteiger partial charge on any atom is -0.301 e. The Labute approximate surface area is 171 Å². The van der Waals surface area contributed by atoms with Gasteiger partial charge in [-0.15, -0.1) is 0 Å². The molecule has 0 spiro atoms. The zero-order chi connectivity index (χ0) is 21.0. The lowest BCUT2D eigenvalue weighted by Gasteiger charge is -2.31. The summed E-state index contributed by atoms with van der Waals surface area (Å²) in [5.41, 5.74) is 5.67. The summed E-state index contributed by atoms with van der Waals surface area (Å²) in [6.45, 7) is 1.59. The monoisotopic (exact) mass is 412 g/mol. The third-order valence-corrected chi connectivity index (χ3v) is 4.57. The van der Waals surface area contributed by atoms with E-state index in [9.17, 15) is 19.2 Å². The van der Waals surface area contributed by atoms with Gasteiger partial charge in [0.15, 0.2) is 5.92 Å². The van der Waals surface area contributed by atoms with Gasteiger partial charge < -0.3 is 5.43 Å². The van der Waals surface area contributed by atoms with Crippen molar-refractivity contribution >= 4 is 41.0 Å². The van der Waals surface area contributed by atoms with Crippen LogP contribution in [0.5, 0.6) is 0 Å². The van der Waals surface area contributed by atoms with Gasteiger partial charge in [-0.1, -0.05) is 48.0 Å². The predicted octanol–water partition coefficient (Wildman–Crippen LogP) is 2.38. The first-order chi connectivity index (χ1) is 13.9. The van der Waals surface area contributed by atoms with Crippen molar-refractivity contribution in [2.24, 2.45) is 5.92 Å². The molecular formula is C20H17ClN4O4. The van der Waals surface area contributed by atoms with Gasteiger partial charge in [-0.2, -0.15) is 0 Å². The average Bonchev–Trinajstić information content (AvgIpc) is 2.71. The van der Waals surface area contributed by atoms with E-state index in [-0.39, 0.29) is 16.3 Å². The summed E-state index contributed by atoms with van der Waals surface area (Å²) < 4.78 is 0. The third kappa shape index (κ3) is 4.12. The number of barbiturate groups is 1. The lowest BCUT2D eigenvalue weighted by molar-refractivity contribution is -0.132. The first kappa shape index (κ1) is 20.1. The van der Waals surface area contributed by atoms with Crippen LogP contribution in [0.25, 0.3) is 0 Å². The van der Waals surface area contributed by atoms with Gasteiger partial charge in [-0.05, 0) is 31.2 Å². The maximum Gasteiger partial charge on any atom is 0.335 e. The van der Waals surface area contributed by atoms with E-state index in [1.54, 1.807) is 55.5 Å². The van der Waals surface area contributed by atoms with Crippen LogP contribution < -0.4 is 21.1 Å². The Balaban J connectivity index is 1.80. The molecule has 1 saturated heterocycles. The Morgan fingerprint density at radius 1 is 1.03 bits per heavy atom. The van der Waals surface area contributed by atoms with E-state index in [4.69, 9.17) is 11.6 Å². The van der Waals surface area contributed by atoms with E-state index in [0.29, 0.717) is 5.69 Å². The largest absolute Gasteiger partial charge is 0.335 e. The first-order valence-electron chi connectivity index (χ1n) is 8.65. The normalized spacial score (nSPS) is 17.0. The fraction of sp³-hybridized carbons (Fsp3) is 0.100. The van der Waals surface area contributed by atoms with Gasteiger partial charge in [0, 0.05) is 5.70 Å². The lowest BCUT2D eigenvalue weighted by atomic mass is 10.00. The number of nitrogens with one attached hydrogen (secondary N) is 3. The van der Waals surface area contributed by atoms with E-state index in [2.05, 4.69) is 16.2 Å². The molecule has 3 N–H and O–H groups in total. The number of nitrogens with zero attached hydrogens (tertiary/aromatic N) is 1. The van der Waals surface area contributed by atoms with Gasteiger partial charge in [0.2, 0.25) is 5.91 Å². The van der Waals surface area contributed by atoms with Crippen molar-refractivity contribution < 1.29 is 19.2 Å². The smallest absolute Gasteiger partial charge is 0.301 e. The minimum atomic E-state index is -1.34. The molecule has 0 radical (unpaired) electrons. The van der Waals surface area contributed by atoms with Crippen LogP contribution in [0, 0.1) is 5.92 Å². The molecule has 2 aromatic carbocycles. The van der Waals surface area contributed by atoms with Gasteiger partial charge in [0.1, 0.15) is 0 Å². The number of halogens is 1. The van der Waals surface area contributed by atoms with Gasteiger partial charge in [-0.25, -0.2) is 9.69 Å². The molecule has 0 aliphatic carbocycles. The van der Waals surface area contributed by atoms with E-state index in [1.165, 1.54) is 12.1 Å². The van der Waals surface area contributed by atoms with E-state index in [0.717, 1.165) is 4.90 Å². The number of hydrazine groups is 1. The molecular weight excluding hydrogens is 396 g/mol. The molecule has 1 aliphatic heterocycles. The second kappa shape index (κ2) is 8.57. The molecule has 1 heterocycles. The summed E-state index contributed by atoms with van der Waals surface area (Å²) in [5, 5.41) is 2.42. The third-order valence-electron chi connectivity index (χ3n) is 4.24. The number of carbonyl (C=O) groups excluding carboxylic acids is 4. The number of amides is 5. The topological polar surface area (TPSA) is 108 Å². The standard InChI is InChI=1S/C20H17ClN4O4/c1-2-15(23-24-17(26)13-10-6-7-11-14(13)21)16-18(27)22-20(29)25(19(16)28)12-8-4-3-5-9-12/h2-11,16,23H,1H3,(H,24,26)(H,22,27,29)/b15-2+/t16-/m1/s1. The summed E-state index contributed by atoms with van der Waals surface area (Å²) in [4.78, 5) is 50.7. The number of benzene rings is 2. The Morgan fingerprint density at radius 2 is 1.69 bits per heavy atom. The second-order valence-electron chi connectivity index (χ2n) is 6.04. The van der Waals surface area contributed by atoms with Crippen LogP contribution in [0.3, 0.4) is 0 Å². The highest BCUT2D eigenvalue weighted by Gasteiger charge is 2.43. The maximum atomic E-state index is 12.9. The summed E-state index contributed by atoms with van der Waals surface area (Å²) in [6.07, 6.45) is 1.47. The number of allylic oxidation sites excluding steroid dienone is 1. The molecule has 0 saturated carbocycles. The molecule has 148 valence electrons. The summed E-state index contributed by atoms with van der Waals surface area (Å²) in [5.74, 6) is -3.42. The zero-order valence-corrected chi connectivity index (χ0v) is 16.1. The number of para-hydroxylation sites is 1. The number of urea groups is 1. The molecule has 1 atom stereocenters. The highest BCUT2D eigenvalue weighted by atomic mass is 35.5. The number of hydrogen-bond acceptors (Lipinski definition) is 5. The number of anilines is 1. The van der Waals surface area contributed by atoms with Crippen molar-refractivity contribution in [2.45, 2.75) is 6.92 Å². The van der Waals surface area contributed by atoms with E-state index < -0.39 is 29.7 Å². The molecule has 2 aromatic rings. The van der Waals surface area contributed by atoms with Crippen molar-refractivity contribution in [1.29, 1.82) is 0 Å². The Kier molecular flexibility index (Phi) is 5.94. The van der Waals surface area contributed by atoms with Crippen molar-refractivity contribution in [1.82, 2.24) is 16.2 Å². The number of hydrogen-bond donors (Lipinski definition) is 3. The van der Waals surface area contributed by atoms with Crippen molar-refractivity contribution in [3.8, 4) is 0 Å². The zero-order valence-electron chi connectivity index (χ0n) is 15.3. The highest BCUT2D eigenvalue weighted by Crippen LogP contribution is 2.23. The van der Waals surface area contributed by atoms with Crippen LogP contribution in [-0.2, 0) is 9.59 Å². The highest BCUT2D eigenvalue weighted by molar-refractivity contribution is 6.33. The molecule has 9 heteroatoms. The Bertz CT molecular complexity index is 1010.